The van der Waals surface area contributed by atoms with Crippen molar-refractivity contribution in [2.45, 2.75) is 45.8 Å². The molecule has 0 aliphatic carbocycles. The molecule has 0 bridgehead atoms. The van der Waals surface area contributed by atoms with E-state index in [9.17, 15) is 8.42 Å². The number of hydrogen-bond acceptors (Lipinski definition) is 3. The number of hydrogen-bond donors (Lipinski definition) is 3. The predicted octanol–water partition coefficient (Wildman–Crippen LogP) is 3.20. The van der Waals surface area contributed by atoms with E-state index in [4.69, 9.17) is 12.2 Å². The average Bonchev–Trinajstić information content (AvgIpc) is 2.63. The van der Waals surface area contributed by atoms with Crippen LogP contribution in [0.4, 0.5) is 0 Å². The predicted molar refractivity (Wildman–Crippen MR) is 120 cm³/mol. The number of thiocarbonyl (C=S) groups is 1. The third-order valence-corrected chi connectivity index (χ3v) is 5.24. The normalized spacial score (nSPS) is 11.9. The highest BCUT2D eigenvalue weighted by atomic mass is 32.2. The summed E-state index contributed by atoms with van der Waals surface area (Å²) in [6.07, 6.45) is 1.15. The van der Waals surface area contributed by atoms with E-state index < -0.39 is 10.0 Å². The van der Waals surface area contributed by atoms with Gasteiger partial charge in [0.1, 0.15) is 0 Å². The van der Waals surface area contributed by atoms with Crippen molar-refractivity contribution >= 4 is 27.4 Å². The van der Waals surface area contributed by atoms with Crippen molar-refractivity contribution in [2.24, 2.45) is 0 Å². The molecule has 0 fully saturated rings. The van der Waals surface area contributed by atoms with Crippen LogP contribution in [0.3, 0.4) is 0 Å². The number of benzene rings is 2. The van der Waals surface area contributed by atoms with Crippen LogP contribution in [0, 0.1) is 0 Å². The Kier molecular flexibility index (Phi) is 7.57. The topological polar surface area (TPSA) is 70.2 Å². The molecule has 0 saturated heterocycles. The minimum Gasteiger partial charge on any atom is -0.359 e. The summed E-state index contributed by atoms with van der Waals surface area (Å²) in [6, 6.07) is 16.3. The van der Waals surface area contributed by atoms with Gasteiger partial charge in [-0.2, -0.15) is 0 Å². The van der Waals surface area contributed by atoms with E-state index >= 15 is 0 Å². The summed E-state index contributed by atoms with van der Waals surface area (Å²) in [6.45, 7) is 8.18. The highest BCUT2D eigenvalue weighted by Crippen LogP contribution is 2.22. The van der Waals surface area contributed by atoms with Gasteiger partial charge < -0.3 is 10.6 Å². The summed E-state index contributed by atoms with van der Waals surface area (Å²) in [5.41, 5.74) is 4.63. The van der Waals surface area contributed by atoms with Crippen LogP contribution in [-0.4, -0.2) is 19.8 Å². The lowest BCUT2D eigenvalue weighted by Gasteiger charge is -2.19. The molecule has 0 atom stereocenters. The second-order valence-electron chi connectivity index (χ2n) is 7.89. The highest BCUT2D eigenvalue weighted by molar-refractivity contribution is 7.88. The maximum absolute atomic E-state index is 11.1. The van der Waals surface area contributed by atoms with Crippen molar-refractivity contribution < 1.29 is 8.42 Å². The molecule has 28 heavy (non-hydrogen) atoms. The Morgan fingerprint density at radius 3 is 1.61 bits per heavy atom. The minimum absolute atomic E-state index is 0.152. The fourth-order valence-electron chi connectivity index (χ4n) is 2.54. The zero-order valence-electron chi connectivity index (χ0n) is 16.9. The third-order valence-electron chi connectivity index (χ3n) is 4.29. The van der Waals surface area contributed by atoms with Gasteiger partial charge in [-0.3, -0.25) is 0 Å². The quantitative estimate of drug-likeness (QED) is 0.601. The van der Waals surface area contributed by atoms with Gasteiger partial charge in [0.05, 0.1) is 6.26 Å². The van der Waals surface area contributed by atoms with E-state index in [1.165, 1.54) is 11.1 Å². The van der Waals surface area contributed by atoms with Crippen molar-refractivity contribution in [2.75, 3.05) is 6.26 Å². The second-order valence-corrected chi connectivity index (χ2v) is 10.1. The maximum atomic E-state index is 11.1. The molecule has 0 unspecified atom stereocenters. The molecular formula is C21H29N3O2S2. The Labute approximate surface area is 174 Å². The van der Waals surface area contributed by atoms with Gasteiger partial charge in [0.25, 0.3) is 0 Å². The van der Waals surface area contributed by atoms with Gasteiger partial charge >= 0.3 is 0 Å². The molecular weight excluding hydrogens is 390 g/mol. The Balaban J connectivity index is 1.76. The lowest BCUT2D eigenvalue weighted by molar-refractivity contribution is 0.587. The summed E-state index contributed by atoms with van der Waals surface area (Å²) >= 11 is 5.35. The van der Waals surface area contributed by atoms with Gasteiger partial charge in [-0.15, -0.1) is 0 Å². The Bertz CT molecular complexity index is 885. The molecule has 5 nitrogen and oxygen atoms in total. The third kappa shape index (κ3) is 7.96. The highest BCUT2D eigenvalue weighted by Gasteiger charge is 2.12. The van der Waals surface area contributed by atoms with Gasteiger partial charge in [0.2, 0.25) is 10.0 Å². The number of rotatable bonds is 7. The SMILES string of the molecule is CC(C)(C)c1ccc(CNC(=S)NCc2ccc(CNS(C)(=O)=O)cc2)cc1. The Morgan fingerprint density at radius 2 is 1.21 bits per heavy atom. The van der Waals surface area contributed by atoms with Gasteiger partial charge in [-0.05, 0) is 39.9 Å². The van der Waals surface area contributed by atoms with Crippen molar-refractivity contribution in [3.63, 3.8) is 0 Å². The molecule has 3 N–H and O–H groups in total. The van der Waals surface area contributed by atoms with E-state index in [0.29, 0.717) is 24.7 Å². The number of nitrogens with one attached hydrogen (secondary N) is 3. The van der Waals surface area contributed by atoms with Crippen LogP contribution < -0.4 is 15.4 Å². The van der Waals surface area contributed by atoms with Crippen LogP contribution >= 0.6 is 12.2 Å². The first-order valence-corrected chi connectivity index (χ1v) is 11.5. The molecule has 0 aliphatic heterocycles. The van der Waals surface area contributed by atoms with Gasteiger partial charge in [0.15, 0.2) is 5.11 Å². The molecule has 0 saturated carbocycles. The standard InChI is InChI=1S/C21H29N3O2S2/c1-21(2,3)19-11-9-17(10-12-19)14-23-20(27)22-13-16-5-7-18(8-6-16)15-24-28(4,25)26/h5-12,24H,13-15H2,1-4H3,(H2,22,23,27). The summed E-state index contributed by atoms with van der Waals surface area (Å²) in [7, 11) is -3.18. The first-order valence-electron chi connectivity index (χ1n) is 9.16. The summed E-state index contributed by atoms with van der Waals surface area (Å²) < 4.78 is 24.7. The monoisotopic (exact) mass is 419 g/mol. The summed E-state index contributed by atoms with van der Waals surface area (Å²) in [5.74, 6) is 0. The van der Waals surface area contributed by atoms with Gasteiger partial charge in [-0.1, -0.05) is 69.3 Å². The van der Waals surface area contributed by atoms with Crippen LogP contribution in [0.15, 0.2) is 48.5 Å². The molecule has 0 amide bonds. The zero-order valence-corrected chi connectivity index (χ0v) is 18.5. The lowest BCUT2D eigenvalue weighted by Crippen LogP contribution is -2.34. The van der Waals surface area contributed by atoms with Crippen LogP contribution in [0.1, 0.15) is 43.0 Å². The van der Waals surface area contributed by atoms with Crippen molar-refractivity contribution in [3.05, 3.63) is 70.8 Å². The van der Waals surface area contributed by atoms with E-state index in [-0.39, 0.29) is 5.41 Å². The molecule has 0 heterocycles. The lowest BCUT2D eigenvalue weighted by atomic mass is 9.87. The molecule has 152 valence electrons. The van der Waals surface area contributed by atoms with E-state index in [1.807, 2.05) is 24.3 Å². The molecule has 2 aromatic rings. The Hall–Kier alpha value is -1.96. The summed E-state index contributed by atoms with van der Waals surface area (Å²) in [4.78, 5) is 0. The molecule has 0 aliphatic rings. The van der Waals surface area contributed by atoms with Crippen LogP contribution in [-0.2, 0) is 35.1 Å². The fraction of sp³-hybridized carbons (Fsp3) is 0.381. The largest absolute Gasteiger partial charge is 0.359 e. The average molecular weight is 420 g/mol. The molecule has 2 rings (SSSR count). The van der Waals surface area contributed by atoms with Crippen molar-refractivity contribution in [1.82, 2.24) is 15.4 Å². The fourth-order valence-corrected chi connectivity index (χ4v) is 3.11. The van der Waals surface area contributed by atoms with E-state index in [1.54, 1.807) is 0 Å². The molecule has 2 aromatic carbocycles. The molecule has 7 heteroatoms. The smallest absolute Gasteiger partial charge is 0.209 e. The van der Waals surface area contributed by atoms with E-state index in [0.717, 1.165) is 17.4 Å². The van der Waals surface area contributed by atoms with Crippen LogP contribution in [0.5, 0.6) is 0 Å². The van der Waals surface area contributed by atoms with Crippen LogP contribution in [0.2, 0.25) is 0 Å². The Morgan fingerprint density at radius 1 is 0.821 bits per heavy atom. The molecule has 0 aromatic heterocycles. The summed E-state index contributed by atoms with van der Waals surface area (Å²) in [5, 5.41) is 7.01. The van der Waals surface area contributed by atoms with Crippen LogP contribution in [0.25, 0.3) is 0 Å². The molecule has 0 spiro atoms. The minimum atomic E-state index is -3.18. The van der Waals surface area contributed by atoms with Crippen molar-refractivity contribution in [1.29, 1.82) is 0 Å². The maximum Gasteiger partial charge on any atom is 0.209 e. The van der Waals surface area contributed by atoms with Gasteiger partial charge in [0, 0.05) is 19.6 Å². The van der Waals surface area contributed by atoms with Gasteiger partial charge in [-0.25, -0.2) is 13.1 Å². The zero-order chi connectivity index (χ0) is 20.8. The second kappa shape index (κ2) is 9.49. The number of sulfonamides is 1. The molecule has 0 radical (unpaired) electrons. The first-order chi connectivity index (χ1) is 13.0. The first kappa shape index (κ1) is 22.3. The van der Waals surface area contributed by atoms with E-state index in [2.05, 4.69) is 60.4 Å². The van der Waals surface area contributed by atoms with Crippen molar-refractivity contribution in [3.8, 4) is 0 Å².